The lowest BCUT2D eigenvalue weighted by Crippen LogP contribution is -2.14. The number of ether oxygens (including phenoxy) is 1. The van der Waals surface area contributed by atoms with Crippen molar-refractivity contribution in [2.45, 2.75) is 13.0 Å². The van der Waals surface area contributed by atoms with Gasteiger partial charge in [-0.15, -0.1) is 0 Å². The van der Waals surface area contributed by atoms with Gasteiger partial charge in [-0.1, -0.05) is 0 Å². The molecule has 0 aliphatic rings. The molecule has 1 aromatic rings. The van der Waals surface area contributed by atoms with E-state index in [2.05, 4.69) is 0 Å². The second-order valence-corrected chi connectivity index (χ2v) is 3.32. The maximum absolute atomic E-state index is 10.8. The van der Waals surface area contributed by atoms with E-state index in [9.17, 15) is 14.4 Å². The predicted octanol–water partition coefficient (Wildman–Crippen LogP) is 1.05. The lowest BCUT2D eigenvalue weighted by atomic mass is 10.1. The highest BCUT2D eigenvalue weighted by Gasteiger charge is 2.13. The van der Waals surface area contributed by atoms with Crippen molar-refractivity contribution in [2.24, 2.45) is 0 Å². The second kappa shape index (κ2) is 5.11. The summed E-state index contributed by atoms with van der Waals surface area (Å²) in [6.07, 6.45) is -0.255. The van der Waals surface area contributed by atoms with Crippen molar-refractivity contribution in [1.82, 2.24) is 0 Å². The van der Waals surface area contributed by atoms with Crippen LogP contribution in [0.4, 0.5) is 0 Å². The Morgan fingerprint density at radius 1 is 1.18 bits per heavy atom. The van der Waals surface area contributed by atoms with Gasteiger partial charge >= 0.3 is 11.9 Å². The van der Waals surface area contributed by atoms with Gasteiger partial charge in [-0.25, -0.2) is 9.59 Å². The predicted molar refractivity (Wildman–Crippen MR) is 56.5 cm³/mol. The Bertz CT molecular complexity index is 433. The van der Waals surface area contributed by atoms with E-state index in [0.29, 0.717) is 6.29 Å². The minimum absolute atomic E-state index is 0.0295. The molecule has 0 amide bonds. The van der Waals surface area contributed by atoms with Gasteiger partial charge in [0.25, 0.3) is 0 Å². The number of aldehydes is 1. The van der Waals surface area contributed by atoms with Crippen molar-refractivity contribution in [1.29, 1.82) is 0 Å². The summed E-state index contributed by atoms with van der Waals surface area (Å²) in [5.41, 5.74) is -0.420. The maximum Gasteiger partial charge on any atom is 0.335 e. The van der Waals surface area contributed by atoms with Crippen LogP contribution in [0.3, 0.4) is 0 Å². The maximum atomic E-state index is 10.8. The van der Waals surface area contributed by atoms with Crippen molar-refractivity contribution in [3.05, 3.63) is 29.3 Å². The number of rotatable bonds is 5. The van der Waals surface area contributed by atoms with Crippen molar-refractivity contribution < 1.29 is 29.3 Å². The molecule has 0 aliphatic carbocycles. The highest BCUT2D eigenvalue weighted by molar-refractivity contribution is 5.94. The average Bonchev–Trinajstić information content (AvgIpc) is 2.28. The Labute approximate surface area is 96.4 Å². The van der Waals surface area contributed by atoms with Gasteiger partial charge in [-0.2, -0.15) is 0 Å². The molecular weight excluding hydrogens is 228 g/mol. The molecule has 0 radical (unpaired) electrons. The van der Waals surface area contributed by atoms with Crippen LogP contribution in [0.5, 0.6) is 5.75 Å². The monoisotopic (exact) mass is 238 g/mol. The topological polar surface area (TPSA) is 101 Å². The van der Waals surface area contributed by atoms with Crippen molar-refractivity contribution in [2.75, 3.05) is 0 Å². The van der Waals surface area contributed by atoms with E-state index in [0.717, 1.165) is 18.2 Å². The van der Waals surface area contributed by atoms with E-state index in [1.807, 2.05) is 0 Å². The number of aromatic carboxylic acids is 2. The summed E-state index contributed by atoms with van der Waals surface area (Å²) in [6, 6.07) is 3.34. The first kappa shape index (κ1) is 12.7. The van der Waals surface area contributed by atoms with Crippen molar-refractivity contribution in [3.8, 4) is 5.75 Å². The molecule has 0 saturated heterocycles. The van der Waals surface area contributed by atoms with Gasteiger partial charge in [0.15, 0.2) is 12.4 Å². The van der Waals surface area contributed by atoms with Crippen LogP contribution >= 0.6 is 0 Å². The molecular formula is C11H10O6. The third-order valence-electron chi connectivity index (χ3n) is 1.91. The number of hydrogen-bond donors (Lipinski definition) is 2. The SMILES string of the molecule is CC(C=O)Oc1cc(C(=O)O)cc(C(=O)O)c1. The fourth-order valence-corrected chi connectivity index (χ4v) is 1.16. The Balaban J connectivity index is 3.16. The normalized spacial score (nSPS) is 11.6. The van der Waals surface area contributed by atoms with Gasteiger partial charge in [-0.3, -0.25) is 4.79 Å². The molecule has 0 aliphatic heterocycles. The van der Waals surface area contributed by atoms with Gasteiger partial charge in [0.1, 0.15) is 5.75 Å². The Morgan fingerprint density at radius 3 is 2.00 bits per heavy atom. The molecule has 0 spiro atoms. The zero-order valence-corrected chi connectivity index (χ0v) is 8.91. The first-order chi connectivity index (χ1) is 7.93. The molecule has 6 nitrogen and oxygen atoms in total. The van der Waals surface area contributed by atoms with Crippen LogP contribution in [-0.2, 0) is 4.79 Å². The summed E-state index contributed by atoms with van der Waals surface area (Å²) < 4.78 is 5.05. The Hall–Kier alpha value is -2.37. The molecule has 1 atom stereocenters. The van der Waals surface area contributed by atoms with E-state index in [4.69, 9.17) is 14.9 Å². The van der Waals surface area contributed by atoms with Crippen LogP contribution in [-0.4, -0.2) is 34.5 Å². The van der Waals surface area contributed by atoms with Gasteiger partial charge in [0, 0.05) is 0 Å². The van der Waals surface area contributed by atoms with Crippen molar-refractivity contribution in [3.63, 3.8) is 0 Å². The molecule has 1 aromatic carbocycles. The van der Waals surface area contributed by atoms with E-state index in [1.165, 1.54) is 6.92 Å². The Kier molecular flexibility index (Phi) is 3.82. The summed E-state index contributed by atoms with van der Waals surface area (Å²) in [5.74, 6) is -2.50. The molecule has 0 heterocycles. The number of benzene rings is 1. The van der Waals surface area contributed by atoms with Crippen LogP contribution in [0.15, 0.2) is 18.2 Å². The third kappa shape index (κ3) is 3.30. The van der Waals surface area contributed by atoms with Gasteiger partial charge in [0.2, 0.25) is 0 Å². The largest absolute Gasteiger partial charge is 0.483 e. The molecule has 0 fully saturated rings. The summed E-state index contributed by atoms with van der Waals surface area (Å²) in [7, 11) is 0. The van der Waals surface area contributed by atoms with Crippen LogP contribution in [0.2, 0.25) is 0 Å². The van der Waals surface area contributed by atoms with Crippen LogP contribution in [0.25, 0.3) is 0 Å². The highest BCUT2D eigenvalue weighted by Crippen LogP contribution is 2.18. The molecule has 17 heavy (non-hydrogen) atoms. The van der Waals surface area contributed by atoms with Gasteiger partial charge in [0.05, 0.1) is 11.1 Å². The van der Waals surface area contributed by atoms with Gasteiger partial charge in [-0.05, 0) is 25.1 Å². The van der Waals surface area contributed by atoms with E-state index >= 15 is 0 Å². The van der Waals surface area contributed by atoms with E-state index in [-0.39, 0.29) is 16.9 Å². The van der Waals surface area contributed by atoms with Crippen molar-refractivity contribution >= 4 is 18.2 Å². The molecule has 0 bridgehead atoms. The lowest BCUT2D eigenvalue weighted by Gasteiger charge is -2.10. The van der Waals surface area contributed by atoms with Crippen LogP contribution < -0.4 is 4.74 Å². The molecule has 90 valence electrons. The minimum Gasteiger partial charge on any atom is -0.483 e. The van der Waals surface area contributed by atoms with E-state index < -0.39 is 18.0 Å². The molecule has 0 saturated carbocycles. The number of carboxylic acids is 2. The zero-order chi connectivity index (χ0) is 13.0. The summed E-state index contributed by atoms with van der Waals surface area (Å²) in [6.45, 7) is 1.46. The molecule has 1 rings (SSSR count). The zero-order valence-electron chi connectivity index (χ0n) is 8.91. The summed E-state index contributed by atoms with van der Waals surface area (Å²) >= 11 is 0. The second-order valence-electron chi connectivity index (χ2n) is 3.32. The lowest BCUT2D eigenvalue weighted by molar-refractivity contribution is -0.113. The quantitative estimate of drug-likeness (QED) is 0.743. The number of hydrogen-bond acceptors (Lipinski definition) is 4. The van der Waals surface area contributed by atoms with Crippen LogP contribution in [0, 0.1) is 0 Å². The fourth-order valence-electron chi connectivity index (χ4n) is 1.16. The molecule has 2 N–H and O–H groups in total. The standard InChI is InChI=1S/C11H10O6/c1-6(5-12)17-9-3-7(10(13)14)2-8(4-9)11(15)16/h2-6H,1H3,(H,13,14)(H,15,16). The van der Waals surface area contributed by atoms with Gasteiger partial charge < -0.3 is 14.9 Å². The average molecular weight is 238 g/mol. The van der Waals surface area contributed by atoms with E-state index in [1.54, 1.807) is 0 Å². The highest BCUT2D eigenvalue weighted by atomic mass is 16.5. The third-order valence-corrected chi connectivity index (χ3v) is 1.91. The molecule has 1 unspecified atom stereocenters. The summed E-state index contributed by atoms with van der Waals surface area (Å²) in [4.78, 5) is 31.9. The molecule has 0 aromatic heterocycles. The number of carbonyl (C=O) groups is 3. The fraction of sp³-hybridized carbons (Fsp3) is 0.182. The number of carboxylic acid groups (broad SMARTS) is 2. The molecule has 6 heteroatoms. The first-order valence-corrected chi connectivity index (χ1v) is 4.67. The first-order valence-electron chi connectivity index (χ1n) is 4.67. The minimum atomic E-state index is -1.27. The number of carbonyl (C=O) groups excluding carboxylic acids is 1. The summed E-state index contributed by atoms with van der Waals surface area (Å²) in [5, 5.41) is 17.6. The smallest absolute Gasteiger partial charge is 0.335 e. The van der Waals surface area contributed by atoms with Crippen LogP contribution in [0.1, 0.15) is 27.6 Å². The Morgan fingerprint density at radius 2 is 1.65 bits per heavy atom.